The molecule has 0 unspecified atom stereocenters. The number of benzene rings is 1. The van der Waals surface area contributed by atoms with Gasteiger partial charge in [0.25, 0.3) is 5.91 Å². The van der Waals surface area contributed by atoms with Crippen molar-refractivity contribution < 1.29 is 4.79 Å². The Morgan fingerprint density at radius 3 is 2.50 bits per heavy atom. The highest BCUT2D eigenvalue weighted by Gasteiger charge is 2.03. The minimum absolute atomic E-state index is 0.0424. The van der Waals surface area contributed by atoms with Gasteiger partial charge < -0.3 is 10.6 Å². The Balaban J connectivity index is 1.93. The van der Waals surface area contributed by atoms with Crippen LogP contribution in [0.5, 0.6) is 0 Å². The number of anilines is 1. The van der Waals surface area contributed by atoms with Crippen LogP contribution in [-0.4, -0.2) is 17.4 Å². The number of hydrogen-bond donors (Lipinski definition) is 2. The van der Waals surface area contributed by atoms with Gasteiger partial charge in [0.2, 0.25) is 0 Å². The molecule has 0 atom stereocenters. The summed E-state index contributed by atoms with van der Waals surface area (Å²) in [4.78, 5) is 16.0. The van der Waals surface area contributed by atoms with Crippen LogP contribution >= 0.6 is 0 Å². The van der Waals surface area contributed by atoms with Crippen LogP contribution in [0.2, 0.25) is 0 Å². The van der Waals surface area contributed by atoms with Crippen molar-refractivity contribution in [2.45, 2.75) is 20.4 Å². The van der Waals surface area contributed by atoms with Gasteiger partial charge in [-0.3, -0.25) is 9.78 Å². The predicted octanol–water partition coefficient (Wildman–Crippen LogP) is 2.75. The summed E-state index contributed by atoms with van der Waals surface area (Å²) in [7, 11) is 0. The maximum Gasteiger partial charge on any atom is 0.251 e. The molecule has 1 aromatic heterocycles. The summed E-state index contributed by atoms with van der Waals surface area (Å²) in [5, 5.41) is 6.06. The molecule has 4 nitrogen and oxygen atoms in total. The van der Waals surface area contributed by atoms with Gasteiger partial charge in [0.15, 0.2) is 0 Å². The monoisotopic (exact) mass is 269 g/mol. The lowest BCUT2D eigenvalue weighted by atomic mass is 10.2. The van der Waals surface area contributed by atoms with Gasteiger partial charge in [-0.15, -0.1) is 0 Å². The Morgan fingerprint density at radius 2 is 1.90 bits per heavy atom. The number of nitrogens with zero attached hydrogens (tertiary/aromatic N) is 1. The maximum atomic E-state index is 11.6. The van der Waals surface area contributed by atoms with Crippen LogP contribution in [0.25, 0.3) is 0 Å². The van der Waals surface area contributed by atoms with E-state index in [0.717, 1.165) is 16.9 Å². The molecule has 0 aliphatic heterocycles. The third-order valence-corrected chi connectivity index (χ3v) is 2.93. The van der Waals surface area contributed by atoms with E-state index < -0.39 is 0 Å². The maximum absolute atomic E-state index is 11.6. The number of carbonyl (C=O) groups excluding carboxylic acids is 1. The molecule has 1 aromatic carbocycles. The third-order valence-electron chi connectivity index (χ3n) is 2.93. The van der Waals surface area contributed by atoms with Gasteiger partial charge in [-0.2, -0.15) is 0 Å². The largest absolute Gasteiger partial charge is 0.379 e. The average molecular weight is 269 g/mol. The van der Waals surface area contributed by atoms with Crippen molar-refractivity contribution in [3.63, 3.8) is 0 Å². The summed E-state index contributed by atoms with van der Waals surface area (Å²) in [6, 6.07) is 11.5. The van der Waals surface area contributed by atoms with E-state index in [1.54, 1.807) is 0 Å². The molecule has 0 aliphatic rings. The molecule has 20 heavy (non-hydrogen) atoms. The average Bonchev–Trinajstić information content (AvgIpc) is 2.47. The summed E-state index contributed by atoms with van der Waals surface area (Å²) in [6.45, 7) is 5.23. The van der Waals surface area contributed by atoms with Crippen molar-refractivity contribution in [2.75, 3.05) is 11.9 Å². The number of aromatic nitrogens is 1. The van der Waals surface area contributed by atoms with E-state index in [1.807, 2.05) is 56.4 Å². The van der Waals surface area contributed by atoms with Crippen LogP contribution in [0.15, 0.2) is 42.6 Å². The number of pyridine rings is 1. The van der Waals surface area contributed by atoms with Crippen LogP contribution in [-0.2, 0) is 6.54 Å². The van der Waals surface area contributed by atoms with E-state index >= 15 is 0 Å². The van der Waals surface area contributed by atoms with Gasteiger partial charge in [0.05, 0.1) is 12.2 Å². The van der Waals surface area contributed by atoms with Gasteiger partial charge in [0, 0.05) is 24.0 Å². The van der Waals surface area contributed by atoms with E-state index in [2.05, 4.69) is 15.6 Å². The van der Waals surface area contributed by atoms with E-state index in [-0.39, 0.29) is 5.91 Å². The molecular formula is C16H19N3O. The molecule has 0 saturated heterocycles. The fourth-order valence-corrected chi connectivity index (χ4v) is 1.80. The first-order valence-electron chi connectivity index (χ1n) is 6.72. The second kappa shape index (κ2) is 6.70. The van der Waals surface area contributed by atoms with Crippen LogP contribution < -0.4 is 10.6 Å². The molecule has 0 aliphatic carbocycles. The molecule has 104 valence electrons. The predicted molar refractivity (Wildman–Crippen MR) is 80.7 cm³/mol. The molecule has 0 radical (unpaired) electrons. The minimum atomic E-state index is -0.0424. The minimum Gasteiger partial charge on any atom is -0.379 e. The molecule has 0 fully saturated rings. The zero-order valence-corrected chi connectivity index (χ0v) is 11.8. The van der Waals surface area contributed by atoms with Gasteiger partial charge in [-0.05, 0) is 49.7 Å². The molecule has 0 bridgehead atoms. The molecule has 2 N–H and O–H groups in total. The summed E-state index contributed by atoms with van der Waals surface area (Å²) in [5.74, 6) is -0.0424. The van der Waals surface area contributed by atoms with Crippen molar-refractivity contribution in [1.29, 1.82) is 0 Å². The molecule has 2 rings (SSSR count). The second-order valence-corrected chi connectivity index (χ2v) is 4.62. The van der Waals surface area contributed by atoms with Crippen LogP contribution in [0, 0.1) is 6.92 Å². The van der Waals surface area contributed by atoms with Gasteiger partial charge in [0.1, 0.15) is 0 Å². The second-order valence-electron chi connectivity index (χ2n) is 4.62. The number of carbonyl (C=O) groups is 1. The lowest BCUT2D eigenvalue weighted by Crippen LogP contribution is -2.22. The normalized spacial score (nSPS) is 10.1. The smallest absolute Gasteiger partial charge is 0.251 e. The fourth-order valence-electron chi connectivity index (χ4n) is 1.80. The van der Waals surface area contributed by atoms with Crippen molar-refractivity contribution in [2.24, 2.45) is 0 Å². The topological polar surface area (TPSA) is 54.0 Å². The first kappa shape index (κ1) is 14.1. The van der Waals surface area contributed by atoms with Gasteiger partial charge in [-0.1, -0.05) is 6.07 Å². The van der Waals surface area contributed by atoms with Crippen molar-refractivity contribution >= 4 is 11.6 Å². The Bertz CT molecular complexity index is 561. The third kappa shape index (κ3) is 3.82. The van der Waals surface area contributed by atoms with E-state index in [4.69, 9.17) is 0 Å². The van der Waals surface area contributed by atoms with Crippen molar-refractivity contribution in [3.8, 4) is 0 Å². The first-order chi connectivity index (χ1) is 9.69. The lowest BCUT2D eigenvalue weighted by molar-refractivity contribution is 0.0956. The zero-order chi connectivity index (χ0) is 14.4. The fraction of sp³-hybridized carbons (Fsp3) is 0.250. The molecule has 1 amide bonds. The molecule has 0 spiro atoms. The molecular weight excluding hydrogens is 250 g/mol. The summed E-state index contributed by atoms with van der Waals surface area (Å²) in [6.07, 6.45) is 1.86. The van der Waals surface area contributed by atoms with Crippen LogP contribution in [0.4, 0.5) is 5.69 Å². The standard InChI is InChI=1S/C16H19N3O/c1-3-17-16(20)13-5-8-14(9-6-13)19-11-15-7-4-12(2)10-18-15/h4-10,19H,3,11H2,1-2H3,(H,17,20). The SMILES string of the molecule is CCNC(=O)c1ccc(NCc2ccc(C)cn2)cc1. The quantitative estimate of drug-likeness (QED) is 0.877. The zero-order valence-electron chi connectivity index (χ0n) is 11.8. The van der Waals surface area contributed by atoms with Crippen molar-refractivity contribution in [1.82, 2.24) is 10.3 Å². The van der Waals surface area contributed by atoms with E-state index in [1.165, 1.54) is 0 Å². The summed E-state index contributed by atoms with van der Waals surface area (Å²) in [5.41, 5.74) is 3.79. The number of hydrogen-bond acceptors (Lipinski definition) is 3. The molecule has 2 aromatic rings. The number of aryl methyl sites for hydroxylation is 1. The molecule has 0 saturated carbocycles. The summed E-state index contributed by atoms with van der Waals surface area (Å²) >= 11 is 0. The number of amides is 1. The Labute approximate surface area is 119 Å². The highest BCUT2D eigenvalue weighted by atomic mass is 16.1. The highest BCUT2D eigenvalue weighted by Crippen LogP contribution is 2.11. The van der Waals surface area contributed by atoms with Crippen LogP contribution in [0.1, 0.15) is 28.5 Å². The van der Waals surface area contributed by atoms with Gasteiger partial charge >= 0.3 is 0 Å². The Hall–Kier alpha value is -2.36. The van der Waals surface area contributed by atoms with Crippen molar-refractivity contribution in [3.05, 3.63) is 59.4 Å². The first-order valence-corrected chi connectivity index (χ1v) is 6.72. The van der Waals surface area contributed by atoms with Crippen LogP contribution in [0.3, 0.4) is 0 Å². The number of rotatable bonds is 5. The highest BCUT2D eigenvalue weighted by molar-refractivity contribution is 5.94. The molecule has 1 heterocycles. The summed E-state index contributed by atoms with van der Waals surface area (Å²) < 4.78 is 0. The van der Waals surface area contributed by atoms with E-state index in [9.17, 15) is 4.79 Å². The Morgan fingerprint density at radius 1 is 1.15 bits per heavy atom. The molecule has 4 heteroatoms. The van der Waals surface area contributed by atoms with Gasteiger partial charge in [-0.25, -0.2) is 0 Å². The number of nitrogens with one attached hydrogen (secondary N) is 2. The Kier molecular flexibility index (Phi) is 4.71. The van der Waals surface area contributed by atoms with E-state index in [0.29, 0.717) is 18.7 Å². The lowest BCUT2D eigenvalue weighted by Gasteiger charge is -2.07.